The molecule has 0 spiro atoms. The monoisotopic (exact) mass is 372 g/mol. The summed E-state index contributed by atoms with van der Waals surface area (Å²) >= 11 is 1.29. The van der Waals surface area contributed by atoms with Crippen LogP contribution in [0, 0.1) is 0 Å². The molecular formula is C20H24N2O3S. The van der Waals surface area contributed by atoms with E-state index in [0.717, 1.165) is 12.1 Å². The number of hydrogen-bond donors (Lipinski definition) is 2. The fourth-order valence-corrected chi connectivity index (χ4v) is 2.96. The van der Waals surface area contributed by atoms with Crippen LogP contribution in [-0.4, -0.2) is 29.9 Å². The van der Waals surface area contributed by atoms with Gasteiger partial charge in [-0.1, -0.05) is 31.2 Å². The standard InChI is InChI=1S/C20H24N2O3S/c1-4-15-9-11-16(12-10-15)21-20(24)14(2)26-13-19(23)22-17-7-5-6-8-18(17)25-3/h5-12,14H,4,13H2,1-3H3,(H,21,24)(H,22,23). The zero-order chi connectivity index (χ0) is 18.9. The molecule has 6 heteroatoms. The maximum atomic E-state index is 12.3. The van der Waals surface area contributed by atoms with Gasteiger partial charge in [0.15, 0.2) is 0 Å². The topological polar surface area (TPSA) is 67.4 Å². The molecule has 138 valence electrons. The van der Waals surface area contributed by atoms with Crippen LogP contribution in [0.4, 0.5) is 11.4 Å². The highest BCUT2D eigenvalue weighted by Crippen LogP contribution is 2.23. The Labute approximate surface area is 158 Å². The molecule has 2 aromatic rings. The maximum Gasteiger partial charge on any atom is 0.237 e. The highest BCUT2D eigenvalue weighted by Gasteiger charge is 2.16. The van der Waals surface area contributed by atoms with Crippen LogP contribution >= 0.6 is 11.8 Å². The molecule has 2 aromatic carbocycles. The van der Waals surface area contributed by atoms with E-state index in [1.165, 1.54) is 17.3 Å². The van der Waals surface area contributed by atoms with Crippen LogP contribution in [0.15, 0.2) is 48.5 Å². The van der Waals surface area contributed by atoms with Crippen LogP contribution in [0.3, 0.4) is 0 Å². The summed E-state index contributed by atoms with van der Waals surface area (Å²) in [6, 6.07) is 15.0. The zero-order valence-corrected chi connectivity index (χ0v) is 16.1. The van der Waals surface area contributed by atoms with Gasteiger partial charge in [0.2, 0.25) is 11.8 Å². The third-order valence-electron chi connectivity index (χ3n) is 3.84. The first-order valence-electron chi connectivity index (χ1n) is 8.47. The van der Waals surface area contributed by atoms with Crippen molar-refractivity contribution in [2.75, 3.05) is 23.5 Å². The van der Waals surface area contributed by atoms with Crippen LogP contribution < -0.4 is 15.4 Å². The number of ether oxygens (including phenoxy) is 1. The van der Waals surface area contributed by atoms with Crippen molar-refractivity contribution in [3.63, 3.8) is 0 Å². The van der Waals surface area contributed by atoms with Gasteiger partial charge in [-0.05, 0) is 43.2 Å². The fourth-order valence-electron chi connectivity index (χ4n) is 2.28. The minimum atomic E-state index is -0.343. The quantitative estimate of drug-likeness (QED) is 0.736. The first-order chi connectivity index (χ1) is 12.5. The van der Waals surface area contributed by atoms with Crippen molar-refractivity contribution in [3.8, 4) is 5.75 Å². The summed E-state index contributed by atoms with van der Waals surface area (Å²) < 4.78 is 5.21. The number of thioether (sulfide) groups is 1. The Kier molecular flexibility index (Phi) is 7.53. The number of nitrogens with one attached hydrogen (secondary N) is 2. The Hall–Kier alpha value is -2.47. The molecule has 0 aliphatic rings. The van der Waals surface area contributed by atoms with Crippen molar-refractivity contribution in [3.05, 3.63) is 54.1 Å². The Bertz CT molecular complexity index is 747. The number of benzene rings is 2. The molecule has 1 atom stereocenters. The van der Waals surface area contributed by atoms with Gasteiger partial charge < -0.3 is 15.4 Å². The average molecular weight is 372 g/mol. The smallest absolute Gasteiger partial charge is 0.237 e. The van der Waals surface area contributed by atoms with Gasteiger partial charge in [-0.2, -0.15) is 0 Å². The van der Waals surface area contributed by atoms with Crippen LogP contribution in [0.5, 0.6) is 5.75 Å². The van der Waals surface area contributed by atoms with E-state index in [2.05, 4.69) is 17.6 Å². The van der Waals surface area contributed by atoms with Gasteiger partial charge in [-0.25, -0.2) is 0 Å². The summed E-state index contributed by atoms with van der Waals surface area (Å²) in [4.78, 5) is 24.4. The molecule has 26 heavy (non-hydrogen) atoms. The number of carbonyl (C=O) groups excluding carboxylic acids is 2. The van der Waals surface area contributed by atoms with Crippen LogP contribution in [0.25, 0.3) is 0 Å². The van der Waals surface area contributed by atoms with Crippen molar-refractivity contribution in [2.45, 2.75) is 25.5 Å². The lowest BCUT2D eigenvalue weighted by Gasteiger charge is -2.13. The minimum absolute atomic E-state index is 0.121. The van der Waals surface area contributed by atoms with Gasteiger partial charge in [0.1, 0.15) is 5.75 Å². The van der Waals surface area contributed by atoms with E-state index in [-0.39, 0.29) is 22.8 Å². The van der Waals surface area contributed by atoms with Gasteiger partial charge in [-0.3, -0.25) is 9.59 Å². The van der Waals surface area contributed by atoms with Gasteiger partial charge >= 0.3 is 0 Å². The van der Waals surface area contributed by atoms with E-state index in [1.54, 1.807) is 26.2 Å². The number of amides is 2. The predicted octanol–water partition coefficient (Wildman–Crippen LogP) is 3.96. The first-order valence-corrected chi connectivity index (χ1v) is 9.52. The predicted molar refractivity (Wildman–Crippen MR) is 108 cm³/mol. The summed E-state index contributed by atoms with van der Waals surface area (Å²) in [5.74, 6) is 0.490. The Morgan fingerprint density at radius 2 is 1.77 bits per heavy atom. The van der Waals surface area contributed by atoms with E-state index >= 15 is 0 Å². The van der Waals surface area contributed by atoms with Crippen LogP contribution in [-0.2, 0) is 16.0 Å². The molecule has 0 saturated heterocycles. The molecule has 1 unspecified atom stereocenters. The molecule has 0 radical (unpaired) electrons. The summed E-state index contributed by atoms with van der Waals surface area (Å²) in [6.07, 6.45) is 0.960. The van der Waals surface area contributed by atoms with E-state index in [4.69, 9.17) is 4.74 Å². The number of rotatable bonds is 8. The van der Waals surface area contributed by atoms with E-state index in [0.29, 0.717) is 11.4 Å². The second-order valence-corrected chi connectivity index (χ2v) is 7.07. The second kappa shape index (κ2) is 9.87. The highest BCUT2D eigenvalue weighted by atomic mass is 32.2. The Morgan fingerprint density at radius 1 is 1.08 bits per heavy atom. The minimum Gasteiger partial charge on any atom is -0.495 e. The largest absolute Gasteiger partial charge is 0.495 e. The molecule has 0 bridgehead atoms. The molecule has 0 heterocycles. The third-order valence-corrected chi connectivity index (χ3v) is 4.99. The number of para-hydroxylation sites is 2. The Balaban J connectivity index is 1.81. The molecule has 2 amide bonds. The highest BCUT2D eigenvalue weighted by molar-refractivity contribution is 8.01. The number of aryl methyl sites for hydroxylation is 1. The molecule has 2 rings (SSSR count). The van der Waals surface area contributed by atoms with Crippen molar-refractivity contribution >= 4 is 35.0 Å². The third kappa shape index (κ3) is 5.81. The van der Waals surface area contributed by atoms with Crippen molar-refractivity contribution in [1.82, 2.24) is 0 Å². The lowest BCUT2D eigenvalue weighted by molar-refractivity contribution is -0.115. The van der Waals surface area contributed by atoms with Crippen LogP contribution in [0.1, 0.15) is 19.4 Å². The fraction of sp³-hybridized carbons (Fsp3) is 0.300. The normalized spacial score (nSPS) is 11.5. The van der Waals surface area contributed by atoms with Crippen molar-refractivity contribution in [2.24, 2.45) is 0 Å². The van der Waals surface area contributed by atoms with E-state index in [1.807, 2.05) is 36.4 Å². The lowest BCUT2D eigenvalue weighted by Crippen LogP contribution is -2.25. The molecule has 0 saturated carbocycles. The number of anilines is 2. The molecule has 0 aromatic heterocycles. The molecule has 2 N–H and O–H groups in total. The second-order valence-electron chi connectivity index (χ2n) is 5.74. The zero-order valence-electron chi connectivity index (χ0n) is 15.2. The maximum absolute atomic E-state index is 12.3. The summed E-state index contributed by atoms with van der Waals surface area (Å²) in [5.41, 5.74) is 2.60. The summed E-state index contributed by atoms with van der Waals surface area (Å²) in [7, 11) is 1.55. The van der Waals surface area contributed by atoms with Gasteiger partial charge in [0, 0.05) is 5.69 Å². The van der Waals surface area contributed by atoms with Gasteiger partial charge in [0.05, 0.1) is 23.8 Å². The van der Waals surface area contributed by atoms with E-state index < -0.39 is 0 Å². The summed E-state index contributed by atoms with van der Waals surface area (Å²) in [6.45, 7) is 3.87. The first kappa shape index (κ1) is 19.8. The number of methoxy groups -OCH3 is 1. The molecule has 5 nitrogen and oxygen atoms in total. The number of hydrogen-bond acceptors (Lipinski definition) is 4. The molecule has 0 fully saturated rings. The van der Waals surface area contributed by atoms with Crippen LogP contribution in [0.2, 0.25) is 0 Å². The molecular weight excluding hydrogens is 348 g/mol. The number of carbonyl (C=O) groups is 2. The van der Waals surface area contributed by atoms with E-state index in [9.17, 15) is 9.59 Å². The Morgan fingerprint density at radius 3 is 2.42 bits per heavy atom. The molecule has 0 aliphatic carbocycles. The average Bonchev–Trinajstić information content (AvgIpc) is 2.67. The van der Waals surface area contributed by atoms with Gasteiger partial charge in [0.25, 0.3) is 0 Å². The SMILES string of the molecule is CCc1ccc(NC(=O)C(C)SCC(=O)Nc2ccccc2OC)cc1. The molecule has 0 aliphatic heterocycles. The van der Waals surface area contributed by atoms with Crippen molar-refractivity contribution in [1.29, 1.82) is 0 Å². The van der Waals surface area contributed by atoms with Crippen molar-refractivity contribution < 1.29 is 14.3 Å². The summed E-state index contributed by atoms with van der Waals surface area (Å²) in [5, 5.41) is 5.33. The lowest BCUT2D eigenvalue weighted by atomic mass is 10.1. The van der Waals surface area contributed by atoms with Gasteiger partial charge in [-0.15, -0.1) is 11.8 Å².